The van der Waals surface area contributed by atoms with Gasteiger partial charge in [0.25, 0.3) is 0 Å². The Balaban J connectivity index is 3.65. The van der Waals surface area contributed by atoms with Crippen LogP contribution in [0, 0.1) is 0 Å². The average Bonchev–Trinajstić information content (AvgIpc) is 2.56. The normalized spacial score (nSPS) is 11.5. The van der Waals surface area contributed by atoms with Crippen LogP contribution in [0.3, 0.4) is 0 Å². The number of rotatable bonds is 18. The molecule has 0 heterocycles. The summed E-state index contributed by atoms with van der Waals surface area (Å²) in [4.78, 5) is 13.5. The van der Waals surface area contributed by atoms with Crippen LogP contribution in [-0.4, -0.2) is 41.2 Å². The van der Waals surface area contributed by atoms with Gasteiger partial charge in [0.05, 0.1) is 6.54 Å². The van der Waals surface area contributed by atoms with E-state index in [9.17, 15) is 4.79 Å². The molecule has 0 atom stereocenters. The molecule has 0 unspecified atom stereocenters. The topological polar surface area (TPSA) is 57.1 Å². The van der Waals surface area contributed by atoms with E-state index in [2.05, 4.69) is 4.99 Å². The minimum atomic E-state index is -2.43. The maximum Gasteiger partial charge on any atom is 0.500 e. The zero-order valence-corrected chi connectivity index (χ0v) is 17.0. The highest BCUT2D eigenvalue weighted by Crippen LogP contribution is 2.20. The molecule has 0 saturated heterocycles. The fourth-order valence-electron chi connectivity index (χ4n) is 2.82. The summed E-state index contributed by atoms with van der Waals surface area (Å²) in [6.07, 6.45) is 12.5. The minimum Gasteiger partial charge on any atom is -0.374 e. The molecule has 24 heavy (non-hydrogen) atoms. The van der Waals surface area contributed by atoms with Gasteiger partial charge in [0.15, 0.2) is 0 Å². The van der Waals surface area contributed by atoms with E-state index in [1.807, 2.05) is 20.8 Å². The van der Waals surface area contributed by atoms with Crippen molar-refractivity contribution in [3.8, 4) is 0 Å². The van der Waals surface area contributed by atoms with Crippen molar-refractivity contribution in [1.29, 1.82) is 0 Å². The summed E-state index contributed by atoms with van der Waals surface area (Å²) in [6, 6.07) is 0.930. The second-order valence-electron chi connectivity index (χ2n) is 5.89. The lowest BCUT2D eigenvalue weighted by Gasteiger charge is -2.28. The Labute approximate surface area is 149 Å². The second kappa shape index (κ2) is 17.3. The fraction of sp³-hybridized carbons (Fsp3) is 0.944. The Morgan fingerprint density at radius 2 is 1.12 bits per heavy atom. The number of carbonyl (C=O) groups excluding carboxylic acids is 1. The third kappa shape index (κ3) is 12.8. The van der Waals surface area contributed by atoms with Gasteiger partial charge >= 0.3 is 8.80 Å². The molecule has 0 N–H and O–H groups in total. The lowest BCUT2D eigenvalue weighted by atomic mass is 10.1. The first kappa shape index (κ1) is 23.5. The van der Waals surface area contributed by atoms with Gasteiger partial charge in [0.1, 0.15) is 0 Å². The third-order valence-electron chi connectivity index (χ3n) is 3.91. The molecule has 5 nitrogen and oxygen atoms in total. The number of unbranched alkanes of at least 4 members (excludes halogenated alkanes) is 8. The molecule has 0 aromatic heterocycles. The van der Waals surface area contributed by atoms with E-state index in [1.165, 1.54) is 38.5 Å². The molecule has 142 valence electrons. The van der Waals surface area contributed by atoms with Crippen molar-refractivity contribution >= 4 is 14.9 Å². The maximum absolute atomic E-state index is 9.92. The van der Waals surface area contributed by atoms with Gasteiger partial charge in [-0.3, -0.25) is 0 Å². The van der Waals surface area contributed by atoms with Crippen molar-refractivity contribution in [3.05, 3.63) is 0 Å². The Kier molecular flexibility index (Phi) is 16.9. The van der Waals surface area contributed by atoms with Gasteiger partial charge in [-0.05, 0) is 33.6 Å². The van der Waals surface area contributed by atoms with Crippen molar-refractivity contribution in [2.45, 2.75) is 84.6 Å². The van der Waals surface area contributed by atoms with Crippen LogP contribution in [-0.2, 0) is 18.1 Å². The lowest BCUT2D eigenvalue weighted by molar-refractivity contribution is 0.0706. The monoisotopic (exact) mass is 359 g/mol. The highest BCUT2D eigenvalue weighted by Gasteiger charge is 2.39. The van der Waals surface area contributed by atoms with Crippen LogP contribution in [0.5, 0.6) is 0 Å². The van der Waals surface area contributed by atoms with E-state index >= 15 is 0 Å². The Hall–Kier alpha value is -0.523. The van der Waals surface area contributed by atoms with Crippen LogP contribution < -0.4 is 0 Å². The smallest absolute Gasteiger partial charge is 0.374 e. The van der Waals surface area contributed by atoms with Crippen molar-refractivity contribution in [1.82, 2.24) is 0 Å². The summed E-state index contributed by atoms with van der Waals surface area (Å²) in [5.74, 6) is 0. The number of aliphatic imine (C=N–C) groups is 1. The van der Waals surface area contributed by atoms with Crippen LogP contribution in [0.1, 0.15) is 78.6 Å². The summed E-state index contributed by atoms with van der Waals surface area (Å²) >= 11 is 0. The molecule has 0 aliphatic heterocycles. The number of hydrogen-bond donors (Lipinski definition) is 0. The molecule has 0 saturated carbocycles. The molecule has 6 heteroatoms. The first-order valence-electron chi connectivity index (χ1n) is 9.70. The Morgan fingerprint density at radius 3 is 1.54 bits per heavy atom. The van der Waals surface area contributed by atoms with Crippen LogP contribution in [0.2, 0.25) is 6.04 Å². The molecule has 0 aromatic rings. The standard InChI is InChI=1S/C18H37NO4Si/c1-4-21-24(22-5-2,23-6-3)17-15-13-11-9-7-8-10-12-14-16-19-18-20/h4-17H2,1-3H3. The first-order valence-corrected chi connectivity index (χ1v) is 11.6. The first-order chi connectivity index (χ1) is 11.7. The zero-order chi connectivity index (χ0) is 17.9. The summed E-state index contributed by atoms with van der Waals surface area (Å²) < 4.78 is 17.6. The van der Waals surface area contributed by atoms with E-state index in [4.69, 9.17) is 13.3 Å². The predicted molar refractivity (Wildman–Crippen MR) is 100.0 cm³/mol. The van der Waals surface area contributed by atoms with Gasteiger partial charge in [-0.15, -0.1) is 0 Å². The molecule has 0 fully saturated rings. The molecular formula is C18H37NO4Si. The lowest BCUT2D eigenvalue weighted by Crippen LogP contribution is -2.45. The summed E-state index contributed by atoms with van der Waals surface area (Å²) in [7, 11) is -2.43. The molecule has 0 amide bonds. The van der Waals surface area contributed by atoms with Crippen LogP contribution >= 0.6 is 0 Å². The highest BCUT2D eigenvalue weighted by atomic mass is 28.4. The van der Waals surface area contributed by atoms with E-state index in [0.717, 1.165) is 25.3 Å². The van der Waals surface area contributed by atoms with Crippen molar-refractivity contribution in [2.75, 3.05) is 26.4 Å². The highest BCUT2D eigenvalue weighted by molar-refractivity contribution is 6.60. The average molecular weight is 360 g/mol. The van der Waals surface area contributed by atoms with Gasteiger partial charge in [0, 0.05) is 25.9 Å². The second-order valence-corrected chi connectivity index (χ2v) is 8.62. The van der Waals surface area contributed by atoms with Gasteiger partial charge in [0.2, 0.25) is 6.08 Å². The SMILES string of the molecule is CCO[Si](CCCCCCCCCCCN=C=O)(OCC)OCC. The predicted octanol–water partition coefficient (Wildman–Crippen LogP) is 4.88. The quantitative estimate of drug-likeness (QED) is 0.151. The number of isocyanates is 1. The van der Waals surface area contributed by atoms with Crippen molar-refractivity contribution < 1.29 is 18.1 Å². The molecule has 0 aromatic carbocycles. The minimum absolute atomic E-state index is 0.634. The van der Waals surface area contributed by atoms with Gasteiger partial charge in [-0.25, -0.2) is 9.79 Å². The summed E-state index contributed by atoms with van der Waals surface area (Å²) in [5.41, 5.74) is 0. The number of nitrogens with zero attached hydrogens (tertiary/aromatic N) is 1. The Morgan fingerprint density at radius 1 is 0.708 bits per heavy atom. The van der Waals surface area contributed by atoms with E-state index in [1.54, 1.807) is 6.08 Å². The molecule has 0 radical (unpaired) electrons. The van der Waals surface area contributed by atoms with E-state index in [-0.39, 0.29) is 0 Å². The molecule has 0 rings (SSSR count). The molecule has 0 bridgehead atoms. The summed E-state index contributed by atoms with van der Waals surface area (Å²) in [6.45, 7) is 8.62. The van der Waals surface area contributed by atoms with E-state index in [0.29, 0.717) is 26.4 Å². The van der Waals surface area contributed by atoms with E-state index < -0.39 is 8.80 Å². The van der Waals surface area contributed by atoms with Crippen LogP contribution in [0.25, 0.3) is 0 Å². The molecule has 0 aliphatic rings. The zero-order valence-electron chi connectivity index (χ0n) is 16.0. The molecule has 0 spiro atoms. The Bertz CT molecular complexity index is 305. The maximum atomic E-state index is 9.92. The number of hydrogen-bond acceptors (Lipinski definition) is 5. The van der Waals surface area contributed by atoms with Gasteiger partial charge < -0.3 is 13.3 Å². The largest absolute Gasteiger partial charge is 0.500 e. The van der Waals surface area contributed by atoms with Crippen molar-refractivity contribution in [3.63, 3.8) is 0 Å². The third-order valence-corrected chi connectivity index (χ3v) is 7.06. The van der Waals surface area contributed by atoms with Gasteiger partial charge in [-0.1, -0.05) is 44.9 Å². The van der Waals surface area contributed by atoms with Crippen LogP contribution in [0.4, 0.5) is 0 Å². The molecule has 0 aliphatic carbocycles. The van der Waals surface area contributed by atoms with Crippen LogP contribution in [0.15, 0.2) is 4.99 Å². The van der Waals surface area contributed by atoms with Gasteiger partial charge in [-0.2, -0.15) is 0 Å². The fourth-order valence-corrected chi connectivity index (χ4v) is 5.50. The molecular weight excluding hydrogens is 322 g/mol. The summed E-state index contributed by atoms with van der Waals surface area (Å²) in [5, 5.41) is 0. The van der Waals surface area contributed by atoms with Crippen molar-refractivity contribution in [2.24, 2.45) is 4.99 Å².